The van der Waals surface area contributed by atoms with Gasteiger partial charge in [-0.05, 0) is 116 Å². The minimum Gasteiger partial charge on any atom is -0.460 e. The molecular formula is C37H40N4O3. The molecule has 0 spiro atoms. The maximum atomic E-state index is 13.5. The van der Waals surface area contributed by atoms with E-state index in [0.717, 1.165) is 53.4 Å². The summed E-state index contributed by atoms with van der Waals surface area (Å²) >= 11 is 0. The van der Waals surface area contributed by atoms with E-state index >= 15 is 0 Å². The molecule has 1 amide bonds. The summed E-state index contributed by atoms with van der Waals surface area (Å²) in [4.78, 5) is 28.0. The molecule has 2 aliphatic rings. The second kappa shape index (κ2) is 11.8. The SMILES string of the molecule is Cc1ccc(C(=O)NC2CC2)cc1-c1ccc2c(=O)n(Cc3ccc(C4=CCN(C(=N)OC(C)(C)C)CC4)cc3)ccc2c1. The highest BCUT2D eigenvalue weighted by atomic mass is 16.5. The molecule has 7 nitrogen and oxygen atoms in total. The summed E-state index contributed by atoms with van der Waals surface area (Å²) in [6, 6.07) is 22.7. The molecule has 1 aliphatic heterocycles. The second-order valence-corrected chi connectivity index (χ2v) is 13.0. The summed E-state index contributed by atoms with van der Waals surface area (Å²) in [5, 5.41) is 12.9. The second-order valence-electron chi connectivity index (χ2n) is 13.0. The van der Waals surface area contributed by atoms with E-state index in [1.165, 1.54) is 11.1 Å². The van der Waals surface area contributed by atoms with E-state index in [4.69, 9.17) is 10.1 Å². The molecule has 2 heterocycles. The molecular weight excluding hydrogens is 548 g/mol. The van der Waals surface area contributed by atoms with Crippen LogP contribution in [0.4, 0.5) is 0 Å². The molecule has 2 N–H and O–H groups in total. The Morgan fingerprint density at radius 1 is 1.00 bits per heavy atom. The molecule has 0 bridgehead atoms. The predicted octanol–water partition coefficient (Wildman–Crippen LogP) is 6.76. The Labute approximate surface area is 258 Å². The largest absolute Gasteiger partial charge is 0.460 e. The topological polar surface area (TPSA) is 87.4 Å². The number of pyridine rings is 1. The average Bonchev–Trinajstić information content (AvgIpc) is 3.82. The van der Waals surface area contributed by atoms with Gasteiger partial charge in [0.2, 0.25) is 0 Å². The van der Waals surface area contributed by atoms with Crippen molar-refractivity contribution < 1.29 is 9.53 Å². The molecule has 6 rings (SSSR count). The third kappa shape index (κ3) is 6.62. The van der Waals surface area contributed by atoms with Crippen LogP contribution in [0.1, 0.15) is 67.1 Å². The van der Waals surface area contributed by atoms with Gasteiger partial charge in [-0.1, -0.05) is 42.5 Å². The van der Waals surface area contributed by atoms with Crippen LogP contribution >= 0.6 is 0 Å². The average molecular weight is 589 g/mol. The zero-order valence-electron chi connectivity index (χ0n) is 25.9. The fourth-order valence-electron chi connectivity index (χ4n) is 5.64. The molecule has 226 valence electrons. The van der Waals surface area contributed by atoms with E-state index in [2.05, 4.69) is 35.7 Å². The number of nitrogens with one attached hydrogen (secondary N) is 2. The molecule has 0 unspecified atom stereocenters. The van der Waals surface area contributed by atoms with Gasteiger partial charge in [-0.15, -0.1) is 0 Å². The van der Waals surface area contributed by atoms with Gasteiger partial charge in [-0.3, -0.25) is 15.0 Å². The molecule has 0 saturated heterocycles. The third-order valence-corrected chi connectivity index (χ3v) is 8.28. The van der Waals surface area contributed by atoms with Crippen LogP contribution < -0.4 is 10.9 Å². The van der Waals surface area contributed by atoms with Crippen molar-refractivity contribution in [3.05, 3.63) is 112 Å². The van der Waals surface area contributed by atoms with Gasteiger partial charge in [-0.25, -0.2) is 0 Å². The van der Waals surface area contributed by atoms with Crippen LogP contribution in [0.3, 0.4) is 0 Å². The Morgan fingerprint density at radius 2 is 1.75 bits per heavy atom. The summed E-state index contributed by atoms with van der Waals surface area (Å²) in [6.07, 6.45) is 6.98. The van der Waals surface area contributed by atoms with E-state index in [0.29, 0.717) is 30.1 Å². The fraction of sp³-hybridized carbons (Fsp3) is 0.324. The summed E-state index contributed by atoms with van der Waals surface area (Å²) in [6.45, 7) is 9.80. The van der Waals surface area contributed by atoms with Gasteiger partial charge in [0.05, 0.1) is 6.54 Å². The number of aromatic nitrogens is 1. The number of carbonyl (C=O) groups excluding carboxylic acids is 1. The van der Waals surface area contributed by atoms with Crippen LogP contribution in [0.2, 0.25) is 0 Å². The van der Waals surface area contributed by atoms with Crippen molar-refractivity contribution in [3.8, 4) is 11.1 Å². The number of rotatable bonds is 6. The Bertz CT molecular complexity index is 1820. The first-order valence-corrected chi connectivity index (χ1v) is 15.4. The lowest BCUT2D eigenvalue weighted by Crippen LogP contribution is -2.39. The highest BCUT2D eigenvalue weighted by Crippen LogP contribution is 2.28. The Hall–Kier alpha value is -4.65. The fourth-order valence-corrected chi connectivity index (χ4v) is 5.64. The van der Waals surface area contributed by atoms with Crippen molar-refractivity contribution in [2.45, 2.75) is 65.1 Å². The van der Waals surface area contributed by atoms with E-state index in [-0.39, 0.29) is 23.1 Å². The van der Waals surface area contributed by atoms with Crippen molar-refractivity contribution in [3.63, 3.8) is 0 Å². The molecule has 1 aliphatic carbocycles. The third-order valence-electron chi connectivity index (χ3n) is 8.28. The highest BCUT2D eigenvalue weighted by molar-refractivity contribution is 5.96. The molecule has 0 atom stereocenters. The molecule has 44 heavy (non-hydrogen) atoms. The van der Waals surface area contributed by atoms with Crippen molar-refractivity contribution in [2.24, 2.45) is 0 Å². The van der Waals surface area contributed by atoms with Crippen LogP contribution in [0.5, 0.6) is 0 Å². The first-order chi connectivity index (χ1) is 21.0. The van der Waals surface area contributed by atoms with Crippen LogP contribution in [0.15, 0.2) is 83.8 Å². The Kier molecular flexibility index (Phi) is 7.89. The zero-order valence-corrected chi connectivity index (χ0v) is 25.9. The number of ether oxygens (including phenoxy) is 1. The maximum absolute atomic E-state index is 13.5. The van der Waals surface area contributed by atoms with Gasteiger partial charge in [0.15, 0.2) is 0 Å². The smallest absolute Gasteiger partial charge is 0.285 e. The first kappa shape index (κ1) is 29.4. The van der Waals surface area contributed by atoms with Gasteiger partial charge >= 0.3 is 0 Å². The standard InChI is InChI=1S/C37H40N4O3/c1-24-5-8-30(34(42)39-31-12-13-31)22-33(24)28-11-14-32-29(21-28)17-20-41(35(32)43)23-25-6-9-26(10-7-25)27-15-18-40(19-16-27)36(38)44-37(2,3)4/h5-11,14-15,17,20-22,31,38H,12-13,16,18-19,23H2,1-4H3,(H,39,42). The lowest BCUT2D eigenvalue weighted by Gasteiger charge is -2.31. The van der Waals surface area contributed by atoms with Crippen LogP contribution in [0, 0.1) is 12.3 Å². The maximum Gasteiger partial charge on any atom is 0.285 e. The van der Waals surface area contributed by atoms with Gasteiger partial charge in [0.25, 0.3) is 17.5 Å². The summed E-state index contributed by atoms with van der Waals surface area (Å²) < 4.78 is 7.47. The lowest BCUT2D eigenvalue weighted by molar-refractivity contribution is 0.0865. The van der Waals surface area contributed by atoms with Crippen molar-refractivity contribution >= 4 is 28.3 Å². The number of amidine groups is 1. The van der Waals surface area contributed by atoms with E-state index in [1.807, 2.05) is 81.3 Å². The molecule has 1 aromatic heterocycles. The number of amides is 1. The monoisotopic (exact) mass is 588 g/mol. The lowest BCUT2D eigenvalue weighted by atomic mass is 9.96. The minimum absolute atomic E-state index is 0.0255. The van der Waals surface area contributed by atoms with Crippen molar-refractivity contribution in [2.75, 3.05) is 13.1 Å². The molecule has 3 aromatic carbocycles. The Morgan fingerprint density at radius 3 is 2.43 bits per heavy atom. The molecule has 7 heteroatoms. The number of aryl methyl sites for hydroxylation is 1. The van der Waals surface area contributed by atoms with E-state index in [9.17, 15) is 9.59 Å². The molecule has 1 fully saturated rings. The predicted molar refractivity (Wildman–Crippen MR) is 177 cm³/mol. The van der Waals surface area contributed by atoms with Crippen LogP contribution in [0.25, 0.3) is 27.5 Å². The summed E-state index contributed by atoms with van der Waals surface area (Å²) in [5.41, 5.74) is 6.81. The summed E-state index contributed by atoms with van der Waals surface area (Å²) in [5.74, 6) is -0.0318. The number of hydrogen-bond donors (Lipinski definition) is 2. The van der Waals surface area contributed by atoms with E-state index in [1.54, 1.807) is 4.57 Å². The normalized spacial score (nSPS) is 15.2. The number of carbonyl (C=O) groups is 1. The van der Waals surface area contributed by atoms with Gasteiger partial charge < -0.3 is 19.5 Å². The van der Waals surface area contributed by atoms with E-state index < -0.39 is 0 Å². The van der Waals surface area contributed by atoms with Crippen LogP contribution in [-0.4, -0.2) is 46.1 Å². The highest BCUT2D eigenvalue weighted by Gasteiger charge is 2.24. The molecule has 4 aromatic rings. The van der Waals surface area contributed by atoms with Crippen molar-refractivity contribution in [1.29, 1.82) is 5.41 Å². The minimum atomic E-state index is -0.381. The quantitative estimate of drug-likeness (QED) is 0.193. The number of hydrogen-bond acceptors (Lipinski definition) is 4. The Balaban J connectivity index is 1.15. The number of nitrogens with zero attached hydrogens (tertiary/aromatic N) is 2. The van der Waals surface area contributed by atoms with Gasteiger partial charge in [-0.2, -0.15) is 0 Å². The van der Waals surface area contributed by atoms with Gasteiger partial charge in [0, 0.05) is 36.3 Å². The van der Waals surface area contributed by atoms with Crippen LogP contribution in [-0.2, 0) is 11.3 Å². The number of benzene rings is 3. The summed E-state index contributed by atoms with van der Waals surface area (Å²) in [7, 11) is 0. The zero-order chi connectivity index (χ0) is 31.0. The number of fused-ring (bicyclic) bond motifs is 1. The van der Waals surface area contributed by atoms with Crippen molar-refractivity contribution in [1.82, 2.24) is 14.8 Å². The molecule has 1 saturated carbocycles. The molecule has 0 radical (unpaired) electrons. The van der Waals surface area contributed by atoms with Gasteiger partial charge in [0.1, 0.15) is 5.60 Å². The first-order valence-electron chi connectivity index (χ1n) is 15.4.